The van der Waals surface area contributed by atoms with Crippen LogP contribution >= 0.6 is 0 Å². The first-order chi connectivity index (χ1) is 6.45. The number of aromatic amines is 1. The fourth-order valence-corrected chi connectivity index (χ4v) is 1.70. The fourth-order valence-electron chi connectivity index (χ4n) is 1.70. The average molecular weight is 180 g/mol. The van der Waals surface area contributed by atoms with Gasteiger partial charge in [-0.05, 0) is 19.4 Å². The minimum absolute atomic E-state index is 0.673. The highest BCUT2D eigenvalue weighted by molar-refractivity contribution is 5.01. The maximum absolute atomic E-state index is 3.89. The van der Waals surface area contributed by atoms with Crippen molar-refractivity contribution in [2.45, 2.75) is 25.4 Å². The molecule has 0 radical (unpaired) electrons. The van der Waals surface area contributed by atoms with Gasteiger partial charge in [0.15, 0.2) is 0 Å². The largest absolute Gasteiger partial charge is 0.313 e. The normalized spacial score (nSPS) is 22.3. The Kier molecular flexibility index (Phi) is 2.94. The van der Waals surface area contributed by atoms with Crippen molar-refractivity contribution in [1.29, 1.82) is 0 Å². The van der Waals surface area contributed by atoms with Crippen LogP contribution in [0.15, 0.2) is 12.4 Å². The molecule has 0 aliphatic carbocycles. The van der Waals surface area contributed by atoms with Gasteiger partial charge in [0.2, 0.25) is 0 Å². The number of nitrogens with one attached hydrogen (secondary N) is 3. The van der Waals surface area contributed by atoms with Crippen LogP contribution in [-0.2, 0) is 6.54 Å². The molecule has 4 nitrogen and oxygen atoms in total. The van der Waals surface area contributed by atoms with E-state index in [1.807, 2.05) is 12.4 Å². The molecule has 1 aliphatic heterocycles. The van der Waals surface area contributed by atoms with E-state index >= 15 is 0 Å². The summed E-state index contributed by atoms with van der Waals surface area (Å²) in [7, 11) is 0. The van der Waals surface area contributed by atoms with E-state index in [4.69, 9.17) is 0 Å². The lowest BCUT2D eigenvalue weighted by atomic mass is 10.2. The Bertz CT molecular complexity index is 226. The zero-order chi connectivity index (χ0) is 8.93. The van der Waals surface area contributed by atoms with Gasteiger partial charge in [-0.2, -0.15) is 5.10 Å². The minimum atomic E-state index is 0.673. The summed E-state index contributed by atoms with van der Waals surface area (Å²) in [6, 6.07) is 0.673. The molecule has 4 heteroatoms. The fraction of sp³-hybridized carbons (Fsp3) is 0.667. The molecule has 0 amide bonds. The van der Waals surface area contributed by atoms with Gasteiger partial charge in [0.25, 0.3) is 0 Å². The van der Waals surface area contributed by atoms with Gasteiger partial charge in [0.1, 0.15) is 0 Å². The lowest BCUT2D eigenvalue weighted by molar-refractivity contribution is 0.536. The second kappa shape index (κ2) is 4.39. The van der Waals surface area contributed by atoms with Crippen LogP contribution in [0.5, 0.6) is 0 Å². The second-order valence-corrected chi connectivity index (χ2v) is 3.53. The number of hydrogen-bond acceptors (Lipinski definition) is 3. The van der Waals surface area contributed by atoms with Crippen LogP contribution in [0.4, 0.5) is 0 Å². The Balaban J connectivity index is 1.63. The quantitative estimate of drug-likeness (QED) is 0.622. The molecule has 1 atom stereocenters. The smallest absolute Gasteiger partial charge is 0.0532 e. The molecule has 2 rings (SSSR count). The highest BCUT2D eigenvalue weighted by Crippen LogP contribution is 2.03. The molecule has 0 bridgehead atoms. The topological polar surface area (TPSA) is 52.7 Å². The lowest BCUT2D eigenvalue weighted by Crippen LogP contribution is -2.33. The number of hydrogen-bond donors (Lipinski definition) is 3. The molecular weight excluding hydrogens is 164 g/mol. The Morgan fingerprint density at radius 3 is 3.31 bits per heavy atom. The van der Waals surface area contributed by atoms with Crippen LogP contribution in [0.25, 0.3) is 0 Å². The Morgan fingerprint density at radius 1 is 1.62 bits per heavy atom. The molecule has 1 saturated heterocycles. The first kappa shape index (κ1) is 8.72. The summed E-state index contributed by atoms with van der Waals surface area (Å²) < 4.78 is 0. The summed E-state index contributed by atoms with van der Waals surface area (Å²) in [5.74, 6) is 0. The van der Waals surface area contributed by atoms with Crippen molar-refractivity contribution in [1.82, 2.24) is 20.8 Å². The molecule has 1 aliphatic rings. The molecule has 1 unspecified atom stereocenters. The molecule has 1 aromatic heterocycles. The van der Waals surface area contributed by atoms with Crippen molar-refractivity contribution in [3.63, 3.8) is 0 Å². The molecule has 2 heterocycles. The van der Waals surface area contributed by atoms with Gasteiger partial charge in [-0.3, -0.25) is 5.10 Å². The van der Waals surface area contributed by atoms with Crippen molar-refractivity contribution < 1.29 is 0 Å². The first-order valence-corrected chi connectivity index (χ1v) is 4.87. The van der Waals surface area contributed by atoms with Crippen LogP contribution in [0.1, 0.15) is 18.4 Å². The first-order valence-electron chi connectivity index (χ1n) is 4.87. The minimum Gasteiger partial charge on any atom is -0.313 e. The van der Waals surface area contributed by atoms with E-state index in [1.54, 1.807) is 0 Å². The number of aromatic nitrogens is 2. The van der Waals surface area contributed by atoms with E-state index in [9.17, 15) is 0 Å². The van der Waals surface area contributed by atoms with Crippen molar-refractivity contribution >= 4 is 0 Å². The van der Waals surface area contributed by atoms with Crippen LogP contribution in [-0.4, -0.2) is 29.3 Å². The summed E-state index contributed by atoms with van der Waals surface area (Å²) in [5, 5.41) is 13.6. The van der Waals surface area contributed by atoms with Crippen LogP contribution in [0, 0.1) is 0 Å². The van der Waals surface area contributed by atoms with Gasteiger partial charge in [-0.15, -0.1) is 0 Å². The Labute approximate surface area is 78.1 Å². The predicted octanol–water partition coefficient (Wildman–Crippen LogP) is 0.251. The van der Waals surface area contributed by atoms with Crippen LogP contribution < -0.4 is 10.6 Å². The van der Waals surface area contributed by atoms with E-state index in [0.29, 0.717) is 6.04 Å². The van der Waals surface area contributed by atoms with Crippen LogP contribution in [0.2, 0.25) is 0 Å². The summed E-state index contributed by atoms with van der Waals surface area (Å²) in [6.45, 7) is 3.15. The van der Waals surface area contributed by atoms with E-state index in [-0.39, 0.29) is 0 Å². The Hall–Kier alpha value is -0.870. The summed E-state index contributed by atoms with van der Waals surface area (Å²) in [4.78, 5) is 0. The molecule has 0 aromatic carbocycles. The number of nitrogens with zero attached hydrogens (tertiary/aromatic N) is 1. The number of H-pyrrole nitrogens is 1. The maximum atomic E-state index is 3.89. The van der Waals surface area contributed by atoms with Crippen molar-refractivity contribution in [3.8, 4) is 0 Å². The predicted molar refractivity (Wildman–Crippen MR) is 51.3 cm³/mol. The summed E-state index contributed by atoms with van der Waals surface area (Å²) in [6.07, 6.45) is 6.40. The van der Waals surface area contributed by atoms with Gasteiger partial charge in [-0.1, -0.05) is 0 Å². The SMILES string of the molecule is c1n[nH]cc1CNCC1CCCN1. The van der Waals surface area contributed by atoms with Gasteiger partial charge < -0.3 is 10.6 Å². The molecular formula is C9H16N4. The molecule has 13 heavy (non-hydrogen) atoms. The van der Waals surface area contributed by atoms with E-state index in [0.717, 1.165) is 13.1 Å². The van der Waals surface area contributed by atoms with Crippen molar-refractivity contribution in [2.24, 2.45) is 0 Å². The van der Waals surface area contributed by atoms with E-state index in [1.165, 1.54) is 24.9 Å². The van der Waals surface area contributed by atoms with Gasteiger partial charge in [0.05, 0.1) is 6.20 Å². The second-order valence-electron chi connectivity index (χ2n) is 3.53. The maximum Gasteiger partial charge on any atom is 0.0532 e. The molecule has 1 aromatic rings. The lowest BCUT2D eigenvalue weighted by Gasteiger charge is -2.10. The summed E-state index contributed by atoms with van der Waals surface area (Å²) in [5.41, 5.74) is 1.22. The zero-order valence-electron chi connectivity index (χ0n) is 7.71. The standard InChI is InChI=1S/C9H16N4/c1-2-9(11-3-1)7-10-4-8-5-12-13-6-8/h5-6,9-11H,1-4,7H2,(H,12,13). The van der Waals surface area contributed by atoms with Crippen molar-refractivity contribution in [3.05, 3.63) is 18.0 Å². The third-order valence-electron chi connectivity index (χ3n) is 2.44. The summed E-state index contributed by atoms with van der Waals surface area (Å²) >= 11 is 0. The number of rotatable bonds is 4. The van der Waals surface area contributed by atoms with E-state index < -0.39 is 0 Å². The van der Waals surface area contributed by atoms with Gasteiger partial charge >= 0.3 is 0 Å². The highest BCUT2D eigenvalue weighted by Gasteiger charge is 2.12. The third-order valence-corrected chi connectivity index (χ3v) is 2.44. The molecule has 0 saturated carbocycles. The molecule has 0 spiro atoms. The third kappa shape index (κ3) is 2.54. The zero-order valence-corrected chi connectivity index (χ0v) is 7.71. The molecule has 3 N–H and O–H groups in total. The molecule has 72 valence electrons. The highest BCUT2D eigenvalue weighted by atomic mass is 15.1. The van der Waals surface area contributed by atoms with Crippen molar-refractivity contribution in [2.75, 3.05) is 13.1 Å². The van der Waals surface area contributed by atoms with E-state index in [2.05, 4.69) is 20.8 Å². The van der Waals surface area contributed by atoms with Gasteiger partial charge in [0, 0.05) is 30.9 Å². The molecule has 1 fully saturated rings. The van der Waals surface area contributed by atoms with Gasteiger partial charge in [-0.25, -0.2) is 0 Å². The Morgan fingerprint density at radius 2 is 2.62 bits per heavy atom. The monoisotopic (exact) mass is 180 g/mol. The van der Waals surface area contributed by atoms with Crippen LogP contribution in [0.3, 0.4) is 0 Å². The average Bonchev–Trinajstić information content (AvgIpc) is 2.75.